The highest BCUT2D eigenvalue weighted by Crippen LogP contribution is 2.24. The lowest BCUT2D eigenvalue weighted by atomic mass is 9.96. The summed E-state index contributed by atoms with van der Waals surface area (Å²) >= 11 is 0. The molecule has 0 unspecified atom stereocenters. The van der Waals surface area contributed by atoms with Gasteiger partial charge in [-0.15, -0.1) is 0 Å². The number of benzene rings is 2. The van der Waals surface area contributed by atoms with Gasteiger partial charge in [-0.1, -0.05) is 42.5 Å². The molecule has 0 amide bonds. The van der Waals surface area contributed by atoms with E-state index in [1.165, 1.54) is 0 Å². The zero-order valence-electron chi connectivity index (χ0n) is 19.4. The maximum atomic E-state index is 12.3. The van der Waals surface area contributed by atoms with Gasteiger partial charge in [0.1, 0.15) is 11.6 Å². The van der Waals surface area contributed by atoms with Crippen molar-refractivity contribution in [2.24, 2.45) is 11.0 Å². The molecule has 35 heavy (non-hydrogen) atoms. The van der Waals surface area contributed by atoms with Gasteiger partial charge in [-0.25, -0.2) is 10.4 Å². The molecule has 1 aromatic heterocycles. The summed E-state index contributed by atoms with van der Waals surface area (Å²) in [6.07, 6.45) is 3.19. The summed E-state index contributed by atoms with van der Waals surface area (Å²) in [5.74, 6) is 0.0266. The third kappa shape index (κ3) is 5.73. The first-order valence-electron chi connectivity index (χ1n) is 11.5. The molecule has 178 valence electrons. The molecule has 9 heteroatoms. The Bertz CT molecular complexity index is 1290. The van der Waals surface area contributed by atoms with Gasteiger partial charge in [0.2, 0.25) is 5.95 Å². The minimum absolute atomic E-state index is 0.0200. The fourth-order valence-corrected chi connectivity index (χ4v) is 4.01. The van der Waals surface area contributed by atoms with Crippen molar-refractivity contribution < 1.29 is 9.53 Å². The second-order valence-corrected chi connectivity index (χ2v) is 8.09. The topological polar surface area (TPSA) is 123 Å². The average Bonchev–Trinajstić information content (AvgIpc) is 2.89. The summed E-state index contributed by atoms with van der Waals surface area (Å²) in [7, 11) is 0. The van der Waals surface area contributed by atoms with Crippen LogP contribution in [-0.2, 0) is 9.53 Å². The highest BCUT2D eigenvalue weighted by molar-refractivity contribution is 5.81. The monoisotopic (exact) mass is 470 g/mol. The van der Waals surface area contributed by atoms with Gasteiger partial charge >= 0.3 is 5.97 Å². The molecule has 0 saturated carbocycles. The van der Waals surface area contributed by atoms with Crippen LogP contribution in [0.3, 0.4) is 0 Å². The van der Waals surface area contributed by atoms with E-state index in [1.54, 1.807) is 18.3 Å². The number of piperidine rings is 1. The molecule has 4 rings (SSSR count). The number of rotatable bonds is 7. The second kappa shape index (κ2) is 11.1. The molecule has 0 aliphatic carbocycles. The highest BCUT2D eigenvalue weighted by atomic mass is 16.5. The van der Waals surface area contributed by atoms with Crippen molar-refractivity contribution in [3.8, 4) is 17.3 Å². The van der Waals surface area contributed by atoms with Crippen LogP contribution in [0.5, 0.6) is 0 Å². The normalized spacial score (nSPS) is 14.0. The summed E-state index contributed by atoms with van der Waals surface area (Å²) in [4.78, 5) is 33.4. The van der Waals surface area contributed by atoms with E-state index in [4.69, 9.17) is 4.74 Å². The Morgan fingerprint density at radius 3 is 2.60 bits per heavy atom. The number of hydrazone groups is 1. The quantitative estimate of drug-likeness (QED) is 0.308. The fraction of sp³-hybridized carbons (Fsp3) is 0.269. The molecule has 0 bridgehead atoms. The molecule has 2 N–H and O–H groups in total. The SMILES string of the molecule is CCOC(=O)C1CCN(c2ccc(C=NNc3nc(-c4ccccc4)c(C#N)c(=O)[nH]3)cc2)CC1. The third-order valence-corrected chi connectivity index (χ3v) is 5.84. The highest BCUT2D eigenvalue weighted by Gasteiger charge is 2.26. The Morgan fingerprint density at radius 2 is 1.94 bits per heavy atom. The number of ether oxygens (including phenoxy) is 1. The van der Waals surface area contributed by atoms with E-state index in [0.29, 0.717) is 17.9 Å². The van der Waals surface area contributed by atoms with Crippen LogP contribution in [0.25, 0.3) is 11.3 Å². The number of nitrogens with zero attached hydrogens (tertiary/aromatic N) is 4. The van der Waals surface area contributed by atoms with E-state index in [0.717, 1.165) is 37.2 Å². The lowest BCUT2D eigenvalue weighted by Gasteiger charge is -2.32. The molecule has 1 saturated heterocycles. The molecule has 3 aromatic rings. The number of nitriles is 1. The van der Waals surface area contributed by atoms with Gasteiger partial charge < -0.3 is 9.64 Å². The Kier molecular flexibility index (Phi) is 7.53. The van der Waals surface area contributed by atoms with Gasteiger partial charge in [-0.05, 0) is 37.5 Å². The number of H-pyrrole nitrogens is 1. The number of hydrogen-bond acceptors (Lipinski definition) is 8. The van der Waals surface area contributed by atoms with Gasteiger partial charge in [0.15, 0.2) is 0 Å². The average molecular weight is 471 g/mol. The van der Waals surface area contributed by atoms with Gasteiger partial charge in [-0.2, -0.15) is 10.4 Å². The molecule has 2 heterocycles. The first kappa shape index (κ1) is 23.7. The van der Waals surface area contributed by atoms with E-state index in [9.17, 15) is 14.9 Å². The molecule has 1 aliphatic rings. The minimum Gasteiger partial charge on any atom is -0.466 e. The van der Waals surface area contributed by atoms with Gasteiger partial charge in [0.05, 0.1) is 24.4 Å². The van der Waals surface area contributed by atoms with Crippen LogP contribution in [0.2, 0.25) is 0 Å². The van der Waals surface area contributed by atoms with E-state index >= 15 is 0 Å². The summed E-state index contributed by atoms with van der Waals surface area (Å²) in [5.41, 5.74) is 5.07. The maximum Gasteiger partial charge on any atom is 0.309 e. The van der Waals surface area contributed by atoms with Crippen molar-refractivity contribution in [3.63, 3.8) is 0 Å². The van der Waals surface area contributed by atoms with Gasteiger partial charge in [-0.3, -0.25) is 14.6 Å². The van der Waals surface area contributed by atoms with E-state index in [-0.39, 0.29) is 23.4 Å². The molecular weight excluding hydrogens is 444 g/mol. The van der Waals surface area contributed by atoms with Crippen molar-refractivity contribution >= 4 is 23.8 Å². The number of carbonyl (C=O) groups is 1. The van der Waals surface area contributed by atoms with Crippen LogP contribution in [-0.4, -0.2) is 41.8 Å². The van der Waals surface area contributed by atoms with Crippen LogP contribution < -0.4 is 15.9 Å². The first-order valence-corrected chi connectivity index (χ1v) is 11.5. The van der Waals surface area contributed by atoms with Crippen molar-refractivity contribution in [3.05, 3.63) is 76.1 Å². The van der Waals surface area contributed by atoms with Crippen molar-refractivity contribution in [2.75, 3.05) is 30.0 Å². The number of hydrogen-bond donors (Lipinski definition) is 2. The molecule has 1 fully saturated rings. The molecule has 0 spiro atoms. The smallest absolute Gasteiger partial charge is 0.309 e. The lowest BCUT2D eigenvalue weighted by Crippen LogP contribution is -2.36. The molecule has 1 aliphatic heterocycles. The summed E-state index contributed by atoms with van der Waals surface area (Å²) < 4.78 is 5.14. The van der Waals surface area contributed by atoms with Crippen LogP contribution in [0.4, 0.5) is 11.6 Å². The second-order valence-electron chi connectivity index (χ2n) is 8.09. The number of anilines is 2. The number of nitrogens with one attached hydrogen (secondary N) is 2. The number of aromatic nitrogens is 2. The van der Waals surface area contributed by atoms with Gasteiger partial charge in [0, 0.05) is 24.3 Å². The molecule has 2 aromatic carbocycles. The fourth-order valence-electron chi connectivity index (χ4n) is 4.01. The number of aromatic amines is 1. The van der Waals surface area contributed by atoms with Crippen LogP contribution >= 0.6 is 0 Å². The Balaban J connectivity index is 1.39. The van der Waals surface area contributed by atoms with Crippen molar-refractivity contribution in [2.45, 2.75) is 19.8 Å². The van der Waals surface area contributed by atoms with E-state index in [2.05, 4.69) is 25.4 Å². The zero-order valence-corrected chi connectivity index (χ0v) is 19.4. The van der Waals surface area contributed by atoms with Crippen LogP contribution in [0.1, 0.15) is 30.9 Å². The molecular formula is C26H26N6O3. The summed E-state index contributed by atoms with van der Waals surface area (Å²) in [6, 6.07) is 18.9. The summed E-state index contributed by atoms with van der Waals surface area (Å²) in [5, 5.41) is 13.5. The predicted molar refractivity (Wildman–Crippen MR) is 134 cm³/mol. The first-order chi connectivity index (χ1) is 17.1. The van der Waals surface area contributed by atoms with E-state index < -0.39 is 5.56 Å². The lowest BCUT2D eigenvalue weighted by molar-refractivity contribution is -0.148. The third-order valence-electron chi connectivity index (χ3n) is 5.84. The zero-order chi connectivity index (χ0) is 24.6. The van der Waals surface area contributed by atoms with Crippen molar-refractivity contribution in [1.29, 1.82) is 5.26 Å². The van der Waals surface area contributed by atoms with Crippen molar-refractivity contribution in [1.82, 2.24) is 9.97 Å². The number of carbonyl (C=O) groups excluding carboxylic acids is 1. The molecule has 0 atom stereocenters. The predicted octanol–water partition coefficient (Wildman–Crippen LogP) is 3.53. The molecule has 0 radical (unpaired) electrons. The maximum absolute atomic E-state index is 12.3. The molecule has 9 nitrogen and oxygen atoms in total. The van der Waals surface area contributed by atoms with E-state index in [1.807, 2.05) is 55.5 Å². The van der Waals surface area contributed by atoms with Crippen LogP contribution in [0, 0.1) is 17.2 Å². The number of esters is 1. The minimum atomic E-state index is -0.532. The Morgan fingerprint density at radius 1 is 1.23 bits per heavy atom. The Labute approximate surface area is 203 Å². The van der Waals surface area contributed by atoms with Crippen LogP contribution in [0.15, 0.2) is 64.5 Å². The Hall–Kier alpha value is -4.45. The standard InChI is InChI=1S/C26H26N6O3/c1-2-35-25(34)20-12-14-32(15-13-20)21-10-8-18(9-11-21)17-28-31-26-29-23(19-6-4-3-5-7-19)22(16-27)24(33)30-26/h3-11,17,20H,2,12-15H2,1H3,(H2,29,30,31,33). The largest absolute Gasteiger partial charge is 0.466 e. The summed E-state index contributed by atoms with van der Waals surface area (Å²) in [6.45, 7) is 3.86. The van der Waals surface area contributed by atoms with Gasteiger partial charge in [0.25, 0.3) is 5.56 Å².